The van der Waals surface area contributed by atoms with Crippen molar-refractivity contribution in [2.45, 2.75) is 155 Å². The maximum atomic E-state index is 10.9. The summed E-state index contributed by atoms with van der Waals surface area (Å²) in [6.45, 7) is 17.6. The number of aromatic hydroxyl groups is 2. The van der Waals surface area contributed by atoms with Gasteiger partial charge in [-0.3, -0.25) is 0 Å². The molecule has 0 bridgehead atoms. The topological polar surface area (TPSA) is 58.9 Å². The van der Waals surface area contributed by atoms with E-state index in [-0.39, 0.29) is 23.0 Å². The SMILES string of the molecule is CCCCCc1cc(O)c2c(c1)OC(C)(C)[C@@H]1CCC(C)=C[C@@H]21.CCCCCc1cc2c(c(O)c1Br)[C@@H]1C=C(C)CC[C@H]1C(C)(C)O2. The van der Waals surface area contributed by atoms with E-state index in [1.807, 2.05) is 6.07 Å². The molecule has 4 nitrogen and oxygen atoms in total. The molecule has 2 heterocycles. The van der Waals surface area contributed by atoms with Gasteiger partial charge in [0.15, 0.2) is 0 Å². The molecule has 0 saturated heterocycles. The predicted molar refractivity (Wildman–Crippen MR) is 198 cm³/mol. The van der Waals surface area contributed by atoms with Crippen LogP contribution in [-0.4, -0.2) is 21.4 Å². The summed E-state index contributed by atoms with van der Waals surface area (Å²) in [5.74, 6) is 3.97. The monoisotopic (exact) mass is 706 g/mol. The molecule has 4 atom stereocenters. The zero-order chi connectivity index (χ0) is 34.1. The van der Waals surface area contributed by atoms with E-state index in [0.717, 1.165) is 77.6 Å². The molecule has 2 aromatic carbocycles. The van der Waals surface area contributed by atoms with Crippen molar-refractivity contribution in [3.63, 3.8) is 0 Å². The minimum Gasteiger partial charge on any atom is -0.507 e. The Kier molecular flexibility index (Phi) is 11.2. The van der Waals surface area contributed by atoms with Gasteiger partial charge in [0.2, 0.25) is 0 Å². The van der Waals surface area contributed by atoms with Crippen LogP contribution in [0.1, 0.15) is 154 Å². The second-order valence-corrected chi connectivity index (χ2v) is 16.6. The summed E-state index contributed by atoms with van der Waals surface area (Å²) in [7, 11) is 0. The van der Waals surface area contributed by atoms with E-state index in [4.69, 9.17) is 9.47 Å². The maximum Gasteiger partial charge on any atom is 0.137 e. The fraction of sp³-hybridized carbons (Fsp3) is 0.619. The molecule has 4 aliphatic rings. The Morgan fingerprint density at radius 2 is 1.23 bits per heavy atom. The van der Waals surface area contributed by atoms with E-state index in [2.05, 4.69) is 95.6 Å². The Bertz CT molecular complexity index is 1500. The standard InChI is InChI=1S/C21H29BrO2.C21H30O2/c1-5-6-7-8-14-12-17-18(20(23)19(14)22)15-11-13(2)9-10-16(15)21(3,4)24-17;1-5-6-7-8-15-12-18(22)20-16-11-14(2)9-10-17(16)21(3,4)23-19(20)13-15/h11-12,15-16,23H,5-10H2,1-4H3;11-13,16-17,22H,5-10H2,1-4H3/t15-,16-;16-,17-/m11/s1. The highest BCUT2D eigenvalue weighted by Crippen LogP contribution is 2.56. The number of ether oxygens (including phenoxy) is 2. The quantitative estimate of drug-likeness (QED) is 0.212. The maximum absolute atomic E-state index is 10.9. The highest BCUT2D eigenvalue weighted by atomic mass is 79.9. The summed E-state index contributed by atoms with van der Waals surface area (Å²) in [6, 6.07) is 6.29. The van der Waals surface area contributed by atoms with E-state index >= 15 is 0 Å². The number of phenolic OH excluding ortho intramolecular Hbond substituents is 2. The molecule has 0 fully saturated rings. The Labute approximate surface area is 293 Å². The molecule has 6 rings (SSSR count). The van der Waals surface area contributed by atoms with Crippen LogP contribution in [-0.2, 0) is 12.8 Å². The first kappa shape index (κ1) is 35.9. The van der Waals surface area contributed by atoms with Crippen LogP contribution in [0.15, 0.2) is 46.0 Å². The van der Waals surface area contributed by atoms with Crippen LogP contribution in [0.4, 0.5) is 0 Å². The molecule has 0 amide bonds. The first-order valence-electron chi connectivity index (χ1n) is 18.4. The second-order valence-electron chi connectivity index (χ2n) is 15.8. The smallest absolute Gasteiger partial charge is 0.137 e. The van der Waals surface area contributed by atoms with Crippen molar-refractivity contribution in [1.82, 2.24) is 0 Å². The fourth-order valence-electron chi connectivity index (χ4n) is 8.64. The van der Waals surface area contributed by atoms with Gasteiger partial charge in [-0.25, -0.2) is 0 Å². The number of halogens is 1. The van der Waals surface area contributed by atoms with Crippen molar-refractivity contribution in [3.8, 4) is 23.0 Å². The van der Waals surface area contributed by atoms with Gasteiger partial charge in [0.1, 0.15) is 34.2 Å². The van der Waals surface area contributed by atoms with Gasteiger partial charge in [-0.05, 0) is 138 Å². The number of phenols is 2. The number of hydrogen-bond donors (Lipinski definition) is 2. The van der Waals surface area contributed by atoms with Crippen molar-refractivity contribution >= 4 is 15.9 Å². The number of aryl methyl sites for hydroxylation is 2. The third-order valence-electron chi connectivity index (χ3n) is 11.3. The molecule has 5 heteroatoms. The summed E-state index contributed by atoms with van der Waals surface area (Å²) < 4.78 is 13.6. The van der Waals surface area contributed by atoms with Crippen LogP contribution in [0, 0.1) is 11.8 Å². The van der Waals surface area contributed by atoms with Gasteiger partial charge in [0.25, 0.3) is 0 Å². The molecule has 0 radical (unpaired) electrons. The van der Waals surface area contributed by atoms with Gasteiger partial charge < -0.3 is 19.7 Å². The first-order chi connectivity index (χ1) is 22.3. The summed E-state index contributed by atoms with van der Waals surface area (Å²) in [5, 5.41) is 21.6. The number of fused-ring (bicyclic) bond motifs is 6. The molecule has 2 N–H and O–H groups in total. The van der Waals surface area contributed by atoms with E-state index in [1.165, 1.54) is 48.8 Å². The molecule has 0 aromatic heterocycles. The summed E-state index contributed by atoms with van der Waals surface area (Å²) in [6.07, 6.45) is 18.4. The highest BCUT2D eigenvalue weighted by Gasteiger charge is 2.46. The van der Waals surface area contributed by atoms with E-state index < -0.39 is 0 Å². The molecular formula is C42H59BrO4. The Hall–Kier alpha value is -2.40. The normalized spacial score (nSPS) is 24.9. The molecule has 258 valence electrons. The van der Waals surface area contributed by atoms with Gasteiger partial charge in [0, 0.05) is 34.8 Å². The Balaban J connectivity index is 0.000000185. The first-order valence-corrected chi connectivity index (χ1v) is 19.2. The van der Waals surface area contributed by atoms with Crippen LogP contribution in [0.25, 0.3) is 0 Å². The molecule has 2 aliphatic carbocycles. The molecule has 0 unspecified atom stereocenters. The van der Waals surface area contributed by atoms with Crippen molar-refractivity contribution in [1.29, 1.82) is 0 Å². The van der Waals surface area contributed by atoms with Crippen molar-refractivity contribution in [2.75, 3.05) is 0 Å². The Morgan fingerprint density at radius 3 is 1.79 bits per heavy atom. The van der Waals surface area contributed by atoms with Gasteiger partial charge in [-0.15, -0.1) is 0 Å². The van der Waals surface area contributed by atoms with Crippen LogP contribution < -0.4 is 9.47 Å². The lowest BCUT2D eigenvalue weighted by Gasteiger charge is -2.46. The average molecular weight is 708 g/mol. The summed E-state index contributed by atoms with van der Waals surface area (Å²) >= 11 is 3.65. The van der Waals surface area contributed by atoms with Crippen molar-refractivity contribution in [3.05, 3.63) is 68.2 Å². The lowest BCUT2D eigenvalue weighted by Crippen LogP contribution is -2.45. The van der Waals surface area contributed by atoms with Gasteiger partial charge >= 0.3 is 0 Å². The zero-order valence-electron chi connectivity index (χ0n) is 30.3. The third kappa shape index (κ3) is 7.61. The molecular weight excluding hydrogens is 648 g/mol. The number of hydrogen-bond acceptors (Lipinski definition) is 4. The molecule has 0 spiro atoms. The lowest BCUT2D eigenvalue weighted by molar-refractivity contribution is 0.0103. The minimum absolute atomic E-state index is 0.177. The second kappa shape index (κ2) is 14.6. The van der Waals surface area contributed by atoms with Gasteiger partial charge in [-0.2, -0.15) is 0 Å². The minimum atomic E-state index is -0.199. The third-order valence-corrected chi connectivity index (χ3v) is 12.2. The zero-order valence-corrected chi connectivity index (χ0v) is 31.9. The summed E-state index contributed by atoms with van der Waals surface area (Å²) in [5.41, 5.74) is 6.81. The van der Waals surface area contributed by atoms with Crippen LogP contribution in [0.3, 0.4) is 0 Å². The molecule has 2 aromatic rings. The van der Waals surface area contributed by atoms with Crippen molar-refractivity contribution < 1.29 is 19.7 Å². The van der Waals surface area contributed by atoms with Gasteiger partial charge in [0.05, 0.1) is 4.47 Å². The average Bonchev–Trinajstić information content (AvgIpc) is 2.99. The number of allylic oxidation sites excluding steroid dienone is 4. The molecule has 47 heavy (non-hydrogen) atoms. The van der Waals surface area contributed by atoms with E-state index in [0.29, 0.717) is 23.3 Å². The molecule has 0 saturated carbocycles. The van der Waals surface area contributed by atoms with Crippen molar-refractivity contribution in [2.24, 2.45) is 11.8 Å². The number of benzene rings is 2. The van der Waals surface area contributed by atoms with Gasteiger partial charge in [-0.1, -0.05) is 62.8 Å². The van der Waals surface area contributed by atoms with Crippen LogP contribution in [0.2, 0.25) is 0 Å². The lowest BCUT2D eigenvalue weighted by atomic mass is 9.68. The van der Waals surface area contributed by atoms with Crippen LogP contribution >= 0.6 is 15.9 Å². The number of unbranched alkanes of at least 4 members (excludes halogenated alkanes) is 4. The number of rotatable bonds is 8. The predicted octanol–water partition coefficient (Wildman–Crippen LogP) is 12.2. The fourth-order valence-corrected chi connectivity index (χ4v) is 9.16. The Morgan fingerprint density at radius 1 is 0.723 bits per heavy atom. The van der Waals surface area contributed by atoms with Crippen LogP contribution in [0.5, 0.6) is 23.0 Å². The van der Waals surface area contributed by atoms with E-state index in [1.54, 1.807) is 0 Å². The largest absolute Gasteiger partial charge is 0.507 e. The summed E-state index contributed by atoms with van der Waals surface area (Å²) in [4.78, 5) is 0. The van der Waals surface area contributed by atoms with E-state index in [9.17, 15) is 10.2 Å². The molecule has 2 aliphatic heterocycles. The highest BCUT2D eigenvalue weighted by molar-refractivity contribution is 9.10.